The Morgan fingerprint density at radius 3 is 2.63 bits per heavy atom. The molecule has 0 aromatic heterocycles. The van der Waals surface area contributed by atoms with Gasteiger partial charge in [-0.05, 0) is 31.9 Å². The monoisotopic (exact) mass is 264 g/mol. The Bertz CT molecular complexity index is 405. The number of ether oxygens (including phenoxy) is 1. The number of nitrogens with two attached hydrogens (primary N) is 1. The van der Waals surface area contributed by atoms with E-state index in [1.165, 1.54) is 0 Å². The van der Waals surface area contributed by atoms with Gasteiger partial charge >= 0.3 is 0 Å². The highest BCUT2D eigenvalue weighted by molar-refractivity contribution is 5.77. The van der Waals surface area contributed by atoms with Crippen molar-refractivity contribution in [2.24, 2.45) is 0 Å². The van der Waals surface area contributed by atoms with E-state index in [-0.39, 0.29) is 18.6 Å². The Kier molecular flexibility index (Phi) is 6.36. The van der Waals surface area contributed by atoms with E-state index in [1.54, 1.807) is 4.90 Å². The van der Waals surface area contributed by atoms with Crippen LogP contribution in [0.5, 0.6) is 0 Å². The number of carbonyl (C=O) groups excluding carboxylic acids is 1. The molecule has 0 heterocycles. The third-order valence-electron chi connectivity index (χ3n) is 2.80. The summed E-state index contributed by atoms with van der Waals surface area (Å²) in [5, 5.41) is 0. The van der Waals surface area contributed by atoms with Gasteiger partial charge in [0.25, 0.3) is 0 Å². The van der Waals surface area contributed by atoms with Crippen molar-refractivity contribution >= 4 is 11.6 Å². The number of hydrogen-bond donors (Lipinski definition) is 1. The first-order valence-electron chi connectivity index (χ1n) is 6.77. The second-order valence-electron chi connectivity index (χ2n) is 4.87. The molecule has 1 rings (SSSR count). The van der Waals surface area contributed by atoms with Gasteiger partial charge in [-0.3, -0.25) is 4.79 Å². The summed E-state index contributed by atoms with van der Waals surface area (Å²) >= 11 is 0. The summed E-state index contributed by atoms with van der Waals surface area (Å²) in [5.74, 6) is 0.0128. The van der Waals surface area contributed by atoms with Crippen LogP contribution in [0.1, 0.15) is 32.8 Å². The first-order valence-corrected chi connectivity index (χ1v) is 6.77. The number of carbonyl (C=O) groups is 1. The molecule has 1 aromatic rings. The van der Waals surface area contributed by atoms with Crippen molar-refractivity contribution < 1.29 is 9.53 Å². The van der Waals surface area contributed by atoms with E-state index < -0.39 is 0 Å². The molecule has 2 N–H and O–H groups in total. The molecule has 0 fully saturated rings. The van der Waals surface area contributed by atoms with Crippen LogP contribution < -0.4 is 5.73 Å². The molecule has 0 aliphatic heterocycles. The summed E-state index contributed by atoms with van der Waals surface area (Å²) in [4.78, 5) is 13.9. The molecular weight excluding hydrogens is 240 g/mol. The molecular formula is C15H24N2O2. The fourth-order valence-electron chi connectivity index (χ4n) is 1.77. The fourth-order valence-corrected chi connectivity index (χ4v) is 1.77. The van der Waals surface area contributed by atoms with Crippen LogP contribution in [-0.2, 0) is 16.1 Å². The predicted molar refractivity (Wildman–Crippen MR) is 77.7 cm³/mol. The molecule has 4 heteroatoms. The average molecular weight is 264 g/mol. The number of rotatable bonds is 7. The lowest BCUT2D eigenvalue weighted by molar-refractivity contribution is -0.138. The minimum absolute atomic E-state index is 0.0128. The maximum absolute atomic E-state index is 12.1. The normalized spacial score (nSPS) is 10.7. The molecule has 1 amide bonds. The van der Waals surface area contributed by atoms with Gasteiger partial charge in [0, 0.05) is 18.8 Å². The highest BCUT2D eigenvalue weighted by atomic mass is 16.5. The zero-order valence-corrected chi connectivity index (χ0v) is 12.1. The zero-order valence-electron chi connectivity index (χ0n) is 12.1. The summed E-state index contributed by atoms with van der Waals surface area (Å²) in [6.45, 7) is 7.29. The van der Waals surface area contributed by atoms with Crippen molar-refractivity contribution in [1.82, 2.24) is 4.90 Å². The van der Waals surface area contributed by atoms with Crippen LogP contribution in [0.25, 0.3) is 0 Å². The lowest BCUT2D eigenvalue weighted by atomic mass is 10.1. The summed E-state index contributed by atoms with van der Waals surface area (Å²) < 4.78 is 5.38. The van der Waals surface area contributed by atoms with Gasteiger partial charge in [0.15, 0.2) is 0 Å². The molecule has 106 valence electrons. The number of amides is 1. The second kappa shape index (κ2) is 7.79. The second-order valence-corrected chi connectivity index (χ2v) is 4.87. The molecule has 0 atom stereocenters. The molecule has 0 bridgehead atoms. The van der Waals surface area contributed by atoms with Crippen molar-refractivity contribution in [1.29, 1.82) is 0 Å². The van der Waals surface area contributed by atoms with Crippen molar-refractivity contribution in [3.05, 3.63) is 29.8 Å². The van der Waals surface area contributed by atoms with E-state index in [0.29, 0.717) is 13.1 Å². The highest BCUT2D eigenvalue weighted by Gasteiger charge is 2.14. The van der Waals surface area contributed by atoms with Gasteiger partial charge in [0.05, 0.1) is 6.10 Å². The zero-order chi connectivity index (χ0) is 14.3. The Morgan fingerprint density at radius 1 is 1.37 bits per heavy atom. The number of anilines is 1. The lowest BCUT2D eigenvalue weighted by Gasteiger charge is -2.23. The minimum Gasteiger partial charge on any atom is -0.398 e. The summed E-state index contributed by atoms with van der Waals surface area (Å²) in [6, 6.07) is 7.64. The SMILES string of the molecule is CCCN(Cc1ccccc1N)C(=O)COC(C)C. The quantitative estimate of drug-likeness (QED) is 0.770. The van der Waals surface area contributed by atoms with Gasteiger partial charge in [-0.15, -0.1) is 0 Å². The van der Waals surface area contributed by atoms with Crippen molar-refractivity contribution in [3.63, 3.8) is 0 Å². The molecule has 0 radical (unpaired) electrons. The van der Waals surface area contributed by atoms with Crippen LogP contribution >= 0.6 is 0 Å². The number of nitrogen functional groups attached to an aromatic ring is 1. The van der Waals surface area contributed by atoms with Gasteiger partial charge < -0.3 is 15.4 Å². The molecule has 4 nitrogen and oxygen atoms in total. The van der Waals surface area contributed by atoms with Crippen LogP contribution in [0.4, 0.5) is 5.69 Å². The minimum atomic E-state index is 0.0128. The Hall–Kier alpha value is -1.55. The van der Waals surface area contributed by atoms with Crippen molar-refractivity contribution in [2.75, 3.05) is 18.9 Å². The summed E-state index contributed by atoms with van der Waals surface area (Å²) in [6.07, 6.45) is 0.981. The van der Waals surface area contributed by atoms with Crippen LogP contribution in [0.2, 0.25) is 0 Å². The topological polar surface area (TPSA) is 55.6 Å². The summed E-state index contributed by atoms with van der Waals surface area (Å²) in [7, 11) is 0. The van der Waals surface area contributed by atoms with Gasteiger partial charge in [0.1, 0.15) is 6.61 Å². The smallest absolute Gasteiger partial charge is 0.248 e. The third-order valence-corrected chi connectivity index (χ3v) is 2.80. The molecule has 0 spiro atoms. The maximum atomic E-state index is 12.1. The predicted octanol–water partition coefficient (Wildman–Crippen LogP) is 2.43. The van der Waals surface area contributed by atoms with E-state index in [2.05, 4.69) is 6.92 Å². The first-order chi connectivity index (χ1) is 9.04. The first kappa shape index (κ1) is 15.5. The van der Waals surface area contributed by atoms with E-state index in [1.807, 2.05) is 38.1 Å². The van der Waals surface area contributed by atoms with E-state index in [0.717, 1.165) is 17.7 Å². The van der Waals surface area contributed by atoms with Crippen molar-refractivity contribution in [2.45, 2.75) is 39.8 Å². The molecule has 0 aliphatic carbocycles. The van der Waals surface area contributed by atoms with Crippen LogP contribution in [-0.4, -0.2) is 30.1 Å². The summed E-state index contributed by atoms with van der Waals surface area (Å²) in [5.41, 5.74) is 7.62. The van der Waals surface area contributed by atoms with Gasteiger partial charge in [0.2, 0.25) is 5.91 Å². The van der Waals surface area contributed by atoms with E-state index in [4.69, 9.17) is 10.5 Å². The van der Waals surface area contributed by atoms with Gasteiger partial charge in [-0.25, -0.2) is 0 Å². The van der Waals surface area contributed by atoms with Crippen LogP contribution in [0, 0.1) is 0 Å². The van der Waals surface area contributed by atoms with Gasteiger partial charge in [-0.1, -0.05) is 25.1 Å². The van der Waals surface area contributed by atoms with Crippen LogP contribution in [0.3, 0.4) is 0 Å². The van der Waals surface area contributed by atoms with E-state index >= 15 is 0 Å². The highest BCUT2D eigenvalue weighted by Crippen LogP contribution is 2.14. The number of para-hydroxylation sites is 1. The lowest BCUT2D eigenvalue weighted by Crippen LogP contribution is -2.35. The van der Waals surface area contributed by atoms with Gasteiger partial charge in [-0.2, -0.15) is 0 Å². The maximum Gasteiger partial charge on any atom is 0.248 e. The number of nitrogens with zero attached hydrogens (tertiary/aromatic N) is 1. The molecule has 0 saturated heterocycles. The molecule has 0 unspecified atom stereocenters. The third kappa shape index (κ3) is 5.30. The standard InChI is InChI=1S/C15H24N2O2/c1-4-9-17(15(18)11-19-12(2)3)10-13-7-5-6-8-14(13)16/h5-8,12H,4,9-11,16H2,1-3H3. The Balaban J connectivity index is 2.67. The molecule has 19 heavy (non-hydrogen) atoms. The Morgan fingerprint density at radius 2 is 2.05 bits per heavy atom. The fraction of sp³-hybridized carbons (Fsp3) is 0.533. The van der Waals surface area contributed by atoms with E-state index in [9.17, 15) is 4.79 Å². The average Bonchev–Trinajstić information content (AvgIpc) is 2.38. The van der Waals surface area contributed by atoms with Crippen molar-refractivity contribution in [3.8, 4) is 0 Å². The molecule has 0 saturated carbocycles. The molecule has 1 aromatic carbocycles. The Labute approximate surface area is 115 Å². The van der Waals surface area contributed by atoms with Crippen LogP contribution in [0.15, 0.2) is 24.3 Å². The number of benzene rings is 1. The largest absolute Gasteiger partial charge is 0.398 e. The number of hydrogen-bond acceptors (Lipinski definition) is 3. The molecule has 0 aliphatic rings.